The van der Waals surface area contributed by atoms with E-state index >= 15 is 0 Å². The molecule has 2 fully saturated rings. The molecule has 0 bridgehead atoms. The second-order valence-corrected chi connectivity index (χ2v) is 7.45. The van der Waals surface area contributed by atoms with Crippen LogP contribution >= 0.6 is 11.6 Å². The van der Waals surface area contributed by atoms with Crippen LogP contribution in [0.3, 0.4) is 0 Å². The van der Waals surface area contributed by atoms with Gasteiger partial charge in [0.25, 0.3) is 11.8 Å². The van der Waals surface area contributed by atoms with Gasteiger partial charge in [0.1, 0.15) is 5.67 Å². The van der Waals surface area contributed by atoms with Gasteiger partial charge in [0, 0.05) is 10.6 Å². The number of carbonyl (C=O) groups excluding carboxylic acids is 3. The van der Waals surface area contributed by atoms with Crippen LogP contribution in [0.2, 0.25) is 5.02 Å². The Labute approximate surface area is 165 Å². The molecule has 144 valence electrons. The third-order valence-electron chi connectivity index (χ3n) is 5.24. The average molecular weight is 402 g/mol. The second-order valence-electron chi connectivity index (χ2n) is 7.01. The number of benzene rings is 2. The smallest absolute Gasteiger partial charge is 0.322 e. The number of imide groups is 1. The summed E-state index contributed by atoms with van der Waals surface area (Å²) in [4.78, 5) is 36.7. The number of rotatable bonds is 5. The zero-order chi connectivity index (χ0) is 19.9. The van der Waals surface area contributed by atoms with Crippen LogP contribution in [0.15, 0.2) is 48.5 Å². The zero-order valence-corrected chi connectivity index (χ0v) is 15.5. The van der Waals surface area contributed by atoms with Crippen molar-refractivity contribution in [3.05, 3.63) is 59.1 Å². The second kappa shape index (κ2) is 6.60. The molecule has 1 aliphatic carbocycles. The van der Waals surface area contributed by atoms with E-state index < -0.39 is 29.1 Å². The summed E-state index contributed by atoms with van der Waals surface area (Å²) >= 11 is 5.93. The van der Waals surface area contributed by atoms with E-state index in [0.717, 1.165) is 5.56 Å². The fraction of sp³-hybridized carbons (Fsp3) is 0.250. The summed E-state index contributed by atoms with van der Waals surface area (Å²) in [5, 5.41) is 7.64. The van der Waals surface area contributed by atoms with Crippen molar-refractivity contribution in [1.29, 1.82) is 0 Å². The first-order valence-corrected chi connectivity index (χ1v) is 9.18. The van der Waals surface area contributed by atoms with Crippen LogP contribution < -0.4 is 16.0 Å². The molecule has 6 nitrogen and oxygen atoms in total. The van der Waals surface area contributed by atoms with Crippen LogP contribution in [0.4, 0.5) is 9.18 Å². The fourth-order valence-electron chi connectivity index (χ4n) is 3.50. The Hall–Kier alpha value is -2.93. The normalized spacial score (nSPS) is 22.4. The standard InChI is InChI=1S/C20H17ClFN3O3/c21-13-7-5-12(6-8-13)14-3-1-2-4-15(14)16(26)23-11-20(19(22)9-10-19)17(27)24-18(28)25-20/h1-8H,9-11H2,(H,23,26)(H2,24,25,27,28)/t20-/m1/s1. The molecular formula is C20H17ClFN3O3. The molecule has 1 saturated carbocycles. The zero-order valence-electron chi connectivity index (χ0n) is 14.7. The lowest BCUT2D eigenvalue weighted by atomic mass is 9.90. The maximum Gasteiger partial charge on any atom is 0.322 e. The van der Waals surface area contributed by atoms with Crippen LogP contribution in [-0.4, -0.2) is 35.6 Å². The average Bonchev–Trinajstić information content (AvgIpc) is 3.36. The van der Waals surface area contributed by atoms with E-state index in [9.17, 15) is 18.8 Å². The molecule has 0 unspecified atom stereocenters. The Balaban J connectivity index is 1.59. The van der Waals surface area contributed by atoms with Gasteiger partial charge < -0.3 is 10.6 Å². The van der Waals surface area contributed by atoms with Gasteiger partial charge in [-0.15, -0.1) is 0 Å². The summed E-state index contributed by atoms with van der Waals surface area (Å²) in [6, 6.07) is 13.2. The highest BCUT2D eigenvalue weighted by Gasteiger charge is 2.68. The molecule has 0 spiro atoms. The molecule has 1 heterocycles. The van der Waals surface area contributed by atoms with E-state index in [2.05, 4.69) is 16.0 Å². The molecule has 3 N–H and O–H groups in total. The molecule has 8 heteroatoms. The summed E-state index contributed by atoms with van der Waals surface area (Å²) in [6.07, 6.45) is 0.301. The third kappa shape index (κ3) is 3.01. The van der Waals surface area contributed by atoms with Crippen molar-refractivity contribution < 1.29 is 18.8 Å². The highest BCUT2D eigenvalue weighted by Crippen LogP contribution is 2.49. The van der Waals surface area contributed by atoms with E-state index in [1.54, 1.807) is 48.5 Å². The van der Waals surface area contributed by atoms with E-state index in [4.69, 9.17) is 11.6 Å². The molecule has 0 aromatic heterocycles. The number of nitrogens with one attached hydrogen (secondary N) is 3. The largest absolute Gasteiger partial charge is 0.349 e. The van der Waals surface area contributed by atoms with E-state index in [1.165, 1.54) is 0 Å². The molecule has 1 aliphatic heterocycles. The Morgan fingerprint density at radius 3 is 2.39 bits per heavy atom. The van der Waals surface area contributed by atoms with Gasteiger partial charge >= 0.3 is 6.03 Å². The summed E-state index contributed by atoms with van der Waals surface area (Å²) in [7, 11) is 0. The number of hydrogen-bond acceptors (Lipinski definition) is 3. The number of amides is 4. The van der Waals surface area contributed by atoms with Crippen molar-refractivity contribution in [2.75, 3.05) is 6.54 Å². The number of carbonyl (C=O) groups is 3. The number of halogens is 2. The van der Waals surface area contributed by atoms with Gasteiger partial charge in [-0.2, -0.15) is 0 Å². The van der Waals surface area contributed by atoms with E-state index in [-0.39, 0.29) is 19.4 Å². The van der Waals surface area contributed by atoms with Crippen LogP contribution in [-0.2, 0) is 4.79 Å². The maximum atomic E-state index is 14.9. The highest BCUT2D eigenvalue weighted by molar-refractivity contribution is 6.30. The summed E-state index contributed by atoms with van der Waals surface area (Å²) < 4.78 is 14.9. The predicted molar refractivity (Wildman–Crippen MR) is 102 cm³/mol. The van der Waals surface area contributed by atoms with Crippen LogP contribution in [0.1, 0.15) is 23.2 Å². The highest BCUT2D eigenvalue weighted by atomic mass is 35.5. The fourth-order valence-corrected chi connectivity index (χ4v) is 3.62. The first kappa shape index (κ1) is 18.4. The van der Waals surface area contributed by atoms with Crippen molar-refractivity contribution >= 4 is 29.4 Å². The number of hydrogen-bond donors (Lipinski definition) is 3. The number of alkyl halides is 1. The first-order chi connectivity index (χ1) is 13.3. The Morgan fingerprint density at radius 1 is 1.11 bits per heavy atom. The van der Waals surface area contributed by atoms with E-state index in [0.29, 0.717) is 16.1 Å². The van der Waals surface area contributed by atoms with Crippen molar-refractivity contribution in [3.63, 3.8) is 0 Å². The Kier molecular flexibility index (Phi) is 4.34. The topological polar surface area (TPSA) is 87.3 Å². The quantitative estimate of drug-likeness (QED) is 0.673. The van der Waals surface area contributed by atoms with Gasteiger partial charge in [-0.25, -0.2) is 9.18 Å². The summed E-state index contributed by atoms with van der Waals surface area (Å²) in [6.45, 7) is -0.338. The lowest BCUT2D eigenvalue weighted by molar-refractivity contribution is -0.126. The Morgan fingerprint density at radius 2 is 1.79 bits per heavy atom. The van der Waals surface area contributed by atoms with Crippen molar-refractivity contribution in [1.82, 2.24) is 16.0 Å². The molecule has 28 heavy (non-hydrogen) atoms. The lowest BCUT2D eigenvalue weighted by Crippen LogP contribution is -2.62. The maximum absolute atomic E-state index is 14.9. The van der Waals surface area contributed by atoms with Gasteiger partial charge in [0.05, 0.1) is 6.54 Å². The Bertz CT molecular complexity index is 975. The van der Waals surface area contributed by atoms with Crippen molar-refractivity contribution in [3.8, 4) is 11.1 Å². The first-order valence-electron chi connectivity index (χ1n) is 8.80. The van der Waals surface area contributed by atoms with Gasteiger partial charge in [0.2, 0.25) is 0 Å². The number of urea groups is 1. The predicted octanol–water partition coefficient (Wildman–Crippen LogP) is 2.82. The molecular weight excluding hydrogens is 385 g/mol. The monoisotopic (exact) mass is 401 g/mol. The minimum absolute atomic E-state index is 0.151. The molecule has 1 saturated heterocycles. The molecule has 1 atom stereocenters. The van der Waals surface area contributed by atoms with E-state index in [1.807, 2.05) is 0 Å². The lowest BCUT2D eigenvalue weighted by Gasteiger charge is -2.30. The van der Waals surface area contributed by atoms with Gasteiger partial charge in [-0.05, 0) is 42.2 Å². The van der Waals surface area contributed by atoms with Gasteiger partial charge in [0.15, 0.2) is 5.54 Å². The van der Waals surface area contributed by atoms with Crippen LogP contribution in [0, 0.1) is 0 Å². The molecule has 4 amide bonds. The summed E-state index contributed by atoms with van der Waals surface area (Å²) in [5.74, 6) is -1.23. The minimum atomic E-state index is -1.85. The van der Waals surface area contributed by atoms with Crippen LogP contribution in [0.25, 0.3) is 11.1 Å². The molecule has 2 aromatic rings. The third-order valence-corrected chi connectivity index (χ3v) is 5.49. The molecule has 4 rings (SSSR count). The molecule has 2 aromatic carbocycles. The SMILES string of the molecule is O=C1NC(=O)[C@](CNC(=O)c2ccccc2-c2ccc(Cl)cc2)(C2(F)CC2)N1. The van der Waals surface area contributed by atoms with Crippen molar-refractivity contribution in [2.24, 2.45) is 0 Å². The van der Waals surface area contributed by atoms with Crippen LogP contribution in [0.5, 0.6) is 0 Å². The van der Waals surface area contributed by atoms with Crippen molar-refractivity contribution in [2.45, 2.75) is 24.0 Å². The summed E-state index contributed by atoms with van der Waals surface area (Å²) in [5.41, 5.74) is -1.80. The molecule has 2 aliphatic rings. The molecule has 0 radical (unpaired) electrons. The van der Waals surface area contributed by atoms with Gasteiger partial charge in [-0.1, -0.05) is 41.9 Å². The van der Waals surface area contributed by atoms with Gasteiger partial charge in [-0.3, -0.25) is 14.9 Å². The minimum Gasteiger partial charge on any atom is -0.349 e.